The fourth-order valence-corrected chi connectivity index (χ4v) is 3.36. The Morgan fingerprint density at radius 2 is 1.96 bits per heavy atom. The fourth-order valence-electron chi connectivity index (χ4n) is 3.36. The third kappa shape index (κ3) is 2.16. The predicted molar refractivity (Wildman–Crippen MR) is 91.8 cm³/mol. The molecule has 0 bridgehead atoms. The summed E-state index contributed by atoms with van der Waals surface area (Å²) in [6, 6.07) is 13.2. The van der Waals surface area contributed by atoms with Gasteiger partial charge in [-0.3, -0.25) is 9.59 Å². The van der Waals surface area contributed by atoms with Gasteiger partial charge in [-0.2, -0.15) is 0 Å². The van der Waals surface area contributed by atoms with Crippen LogP contribution in [-0.2, 0) is 11.2 Å². The van der Waals surface area contributed by atoms with Gasteiger partial charge in [0.15, 0.2) is 6.10 Å². The van der Waals surface area contributed by atoms with E-state index >= 15 is 0 Å². The summed E-state index contributed by atoms with van der Waals surface area (Å²) in [5.41, 5.74) is 3.43. The lowest BCUT2D eigenvalue weighted by Gasteiger charge is -2.30. The summed E-state index contributed by atoms with van der Waals surface area (Å²) in [4.78, 5) is 28.3. The number of likely N-dealkylation sites (N-methyl/N-ethyl adjacent to an activating group) is 1. The highest BCUT2D eigenvalue weighted by Crippen LogP contribution is 2.35. The van der Waals surface area contributed by atoms with Crippen LogP contribution in [0.3, 0.4) is 0 Å². The number of carbonyl (C=O) groups is 2. The van der Waals surface area contributed by atoms with Gasteiger partial charge in [0.25, 0.3) is 11.8 Å². The molecule has 2 heterocycles. The van der Waals surface area contributed by atoms with Crippen molar-refractivity contribution in [1.29, 1.82) is 0 Å². The van der Waals surface area contributed by atoms with E-state index < -0.39 is 6.10 Å². The van der Waals surface area contributed by atoms with Gasteiger partial charge < -0.3 is 14.5 Å². The molecule has 2 amide bonds. The smallest absolute Gasteiger partial charge is 0.267 e. The lowest BCUT2D eigenvalue weighted by atomic mass is 10.1. The van der Waals surface area contributed by atoms with Gasteiger partial charge in [-0.1, -0.05) is 18.2 Å². The van der Waals surface area contributed by atoms with Crippen LogP contribution in [0.15, 0.2) is 42.5 Å². The van der Waals surface area contributed by atoms with Gasteiger partial charge in [0, 0.05) is 24.8 Å². The summed E-state index contributed by atoms with van der Waals surface area (Å²) in [7, 11) is 1.72. The molecule has 0 N–H and O–H groups in total. The van der Waals surface area contributed by atoms with Crippen molar-refractivity contribution in [2.75, 3.05) is 23.4 Å². The van der Waals surface area contributed by atoms with Crippen LogP contribution in [0.5, 0.6) is 5.75 Å². The number of hydrogen-bond acceptors (Lipinski definition) is 3. The maximum atomic E-state index is 12.9. The molecule has 24 heavy (non-hydrogen) atoms. The normalized spacial score (nSPS) is 18.9. The van der Waals surface area contributed by atoms with E-state index in [1.165, 1.54) is 5.56 Å². The third-order valence-corrected chi connectivity index (χ3v) is 4.68. The molecular formula is C19H18N2O3. The molecule has 2 aliphatic heterocycles. The van der Waals surface area contributed by atoms with Crippen LogP contribution in [0.4, 0.5) is 11.4 Å². The van der Waals surface area contributed by atoms with Gasteiger partial charge in [-0.15, -0.1) is 0 Å². The van der Waals surface area contributed by atoms with Crippen molar-refractivity contribution in [2.45, 2.75) is 19.4 Å². The van der Waals surface area contributed by atoms with E-state index in [1.54, 1.807) is 42.0 Å². The van der Waals surface area contributed by atoms with E-state index in [1.807, 2.05) is 18.2 Å². The Morgan fingerprint density at radius 1 is 1.17 bits per heavy atom. The minimum Gasteiger partial charge on any atom is -0.479 e. The van der Waals surface area contributed by atoms with Gasteiger partial charge in [-0.25, -0.2) is 0 Å². The number of fused-ring (bicyclic) bond motifs is 2. The van der Waals surface area contributed by atoms with Gasteiger partial charge in [-0.05, 0) is 43.2 Å². The Hall–Kier alpha value is -2.82. The van der Waals surface area contributed by atoms with Gasteiger partial charge >= 0.3 is 0 Å². The molecule has 0 aromatic heterocycles. The topological polar surface area (TPSA) is 49.9 Å². The van der Waals surface area contributed by atoms with Crippen molar-refractivity contribution in [1.82, 2.24) is 0 Å². The molecule has 0 fully saturated rings. The summed E-state index contributed by atoms with van der Waals surface area (Å²) < 4.78 is 5.68. The van der Waals surface area contributed by atoms with Crippen LogP contribution in [0, 0.1) is 0 Å². The van der Waals surface area contributed by atoms with E-state index in [9.17, 15) is 9.59 Å². The first kappa shape index (κ1) is 14.8. The molecule has 5 nitrogen and oxygen atoms in total. The van der Waals surface area contributed by atoms with Gasteiger partial charge in [0.2, 0.25) is 0 Å². The second-order valence-electron chi connectivity index (χ2n) is 6.18. The first-order chi connectivity index (χ1) is 11.6. The molecule has 2 aromatic rings. The molecule has 0 aliphatic carbocycles. The molecule has 4 rings (SSSR count). The minimum absolute atomic E-state index is 0.0430. The number of ether oxygens (including phenoxy) is 1. The maximum Gasteiger partial charge on any atom is 0.267 e. The van der Waals surface area contributed by atoms with E-state index in [2.05, 4.69) is 6.07 Å². The van der Waals surface area contributed by atoms with E-state index in [0.717, 1.165) is 12.1 Å². The zero-order chi connectivity index (χ0) is 16.8. The van der Waals surface area contributed by atoms with Crippen LogP contribution in [0.2, 0.25) is 0 Å². The minimum atomic E-state index is -0.541. The lowest BCUT2D eigenvalue weighted by Crippen LogP contribution is -2.42. The zero-order valence-electron chi connectivity index (χ0n) is 13.7. The molecule has 1 unspecified atom stereocenters. The molecule has 122 valence electrons. The molecule has 0 radical (unpaired) electrons. The van der Waals surface area contributed by atoms with Crippen molar-refractivity contribution in [3.05, 3.63) is 53.6 Å². The molecule has 2 aromatic carbocycles. The highest BCUT2D eigenvalue weighted by molar-refractivity contribution is 6.08. The Balaban J connectivity index is 1.68. The van der Waals surface area contributed by atoms with Crippen molar-refractivity contribution < 1.29 is 14.3 Å². The number of carbonyl (C=O) groups excluding carboxylic acids is 2. The molecular weight excluding hydrogens is 304 g/mol. The Bertz CT molecular complexity index is 846. The summed E-state index contributed by atoms with van der Waals surface area (Å²) >= 11 is 0. The largest absolute Gasteiger partial charge is 0.479 e. The Morgan fingerprint density at radius 3 is 2.79 bits per heavy atom. The molecule has 0 saturated carbocycles. The fraction of sp³-hybridized carbons (Fsp3) is 0.263. The molecule has 0 spiro atoms. The standard InChI is InChI=1S/C19H18N2O3/c1-12-18(22)20(2)16-8-7-14(11-17(16)24-12)19(23)21-10-9-13-5-3-4-6-15(13)21/h3-8,11-12H,9-10H2,1-2H3. The lowest BCUT2D eigenvalue weighted by molar-refractivity contribution is -0.125. The summed E-state index contributed by atoms with van der Waals surface area (Å²) in [6.45, 7) is 2.40. The third-order valence-electron chi connectivity index (χ3n) is 4.68. The van der Waals surface area contributed by atoms with Crippen molar-refractivity contribution in [3.8, 4) is 5.75 Å². The number of hydrogen-bond donors (Lipinski definition) is 0. The number of benzene rings is 2. The highest BCUT2D eigenvalue weighted by Gasteiger charge is 2.31. The van der Waals surface area contributed by atoms with Crippen molar-refractivity contribution >= 4 is 23.2 Å². The van der Waals surface area contributed by atoms with Gasteiger partial charge in [0.05, 0.1) is 5.69 Å². The van der Waals surface area contributed by atoms with Crippen LogP contribution in [0.25, 0.3) is 0 Å². The monoisotopic (exact) mass is 322 g/mol. The second kappa shape index (κ2) is 5.37. The number of amides is 2. The predicted octanol–water partition coefficient (Wildman–Crippen LogP) is 2.63. The zero-order valence-corrected chi connectivity index (χ0v) is 13.7. The number of anilines is 2. The van der Waals surface area contributed by atoms with Gasteiger partial charge in [0.1, 0.15) is 5.75 Å². The Labute approximate surface area is 140 Å². The van der Waals surface area contributed by atoms with E-state index in [0.29, 0.717) is 23.5 Å². The molecule has 1 atom stereocenters. The average Bonchev–Trinajstić information content (AvgIpc) is 3.03. The summed E-state index contributed by atoms with van der Waals surface area (Å²) in [6.07, 6.45) is 0.331. The number of nitrogens with zero attached hydrogens (tertiary/aromatic N) is 2. The van der Waals surface area contributed by atoms with Crippen molar-refractivity contribution in [3.63, 3.8) is 0 Å². The summed E-state index contributed by atoms with van der Waals surface area (Å²) in [5.74, 6) is 0.441. The maximum absolute atomic E-state index is 12.9. The quantitative estimate of drug-likeness (QED) is 0.811. The van der Waals surface area contributed by atoms with Crippen LogP contribution in [-0.4, -0.2) is 31.5 Å². The van der Waals surface area contributed by atoms with E-state index in [-0.39, 0.29) is 11.8 Å². The summed E-state index contributed by atoms with van der Waals surface area (Å²) in [5, 5.41) is 0. The number of para-hydroxylation sites is 1. The SMILES string of the molecule is CC1Oc2cc(C(=O)N3CCc4ccccc43)ccc2N(C)C1=O. The highest BCUT2D eigenvalue weighted by atomic mass is 16.5. The molecule has 0 saturated heterocycles. The molecule has 2 aliphatic rings. The Kier molecular flexibility index (Phi) is 3.30. The first-order valence-corrected chi connectivity index (χ1v) is 8.04. The number of rotatable bonds is 1. The average molecular weight is 322 g/mol. The first-order valence-electron chi connectivity index (χ1n) is 8.04. The molecule has 5 heteroatoms. The second-order valence-corrected chi connectivity index (χ2v) is 6.18. The van der Waals surface area contributed by atoms with Crippen LogP contribution < -0.4 is 14.5 Å². The van der Waals surface area contributed by atoms with E-state index in [4.69, 9.17) is 4.74 Å². The van der Waals surface area contributed by atoms with Crippen LogP contribution >= 0.6 is 0 Å². The van der Waals surface area contributed by atoms with Crippen molar-refractivity contribution in [2.24, 2.45) is 0 Å². The van der Waals surface area contributed by atoms with Crippen LogP contribution in [0.1, 0.15) is 22.8 Å².